The third-order valence-corrected chi connectivity index (χ3v) is 6.07. The number of nitrogens with zero attached hydrogens (tertiary/aromatic N) is 3. The lowest BCUT2D eigenvalue weighted by atomic mass is 10.2. The van der Waals surface area contributed by atoms with Gasteiger partial charge in [-0.25, -0.2) is 0 Å². The van der Waals surface area contributed by atoms with E-state index in [0.29, 0.717) is 10.6 Å². The van der Waals surface area contributed by atoms with Gasteiger partial charge in [0.25, 0.3) is 0 Å². The fraction of sp³-hybridized carbons (Fsp3) is 0.400. The van der Waals surface area contributed by atoms with Crippen molar-refractivity contribution in [1.82, 2.24) is 9.80 Å². The minimum atomic E-state index is -0.0605. The van der Waals surface area contributed by atoms with Crippen LogP contribution in [-0.4, -0.2) is 56.1 Å². The highest BCUT2D eigenvalue weighted by Gasteiger charge is 2.23. The molecule has 3 nitrogen and oxygen atoms in total. The fourth-order valence-electron chi connectivity index (χ4n) is 3.38. The number of hydrogen-bond acceptors (Lipinski definition) is 4. The van der Waals surface area contributed by atoms with Crippen LogP contribution in [0.4, 0.5) is 11.4 Å². The molecule has 0 aliphatic carbocycles. The van der Waals surface area contributed by atoms with Crippen LogP contribution in [0.15, 0.2) is 52.2 Å². The van der Waals surface area contributed by atoms with E-state index in [1.807, 2.05) is 18.2 Å². The zero-order valence-electron chi connectivity index (χ0n) is 17.4. The van der Waals surface area contributed by atoms with Gasteiger partial charge in [-0.3, -0.25) is 0 Å². The highest BCUT2D eigenvalue weighted by Crippen LogP contribution is 2.48. The van der Waals surface area contributed by atoms with Crippen LogP contribution < -0.4 is 4.90 Å². The average Bonchev–Trinajstić information content (AvgIpc) is 2.71. The van der Waals surface area contributed by atoms with Crippen LogP contribution in [0, 0.1) is 0 Å². The Balaban J connectivity index is 1.62. The van der Waals surface area contributed by atoms with Crippen molar-refractivity contribution in [1.29, 1.82) is 0 Å². The highest BCUT2D eigenvalue weighted by molar-refractivity contribution is 7.99. The summed E-state index contributed by atoms with van der Waals surface area (Å²) < 4.78 is 25.0. The van der Waals surface area contributed by atoms with Crippen molar-refractivity contribution in [2.45, 2.75) is 16.2 Å². The maximum Gasteiger partial charge on any atom is 0.0661 e. The Morgan fingerprint density at radius 1 is 1.04 bits per heavy atom. The van der Waals surface area contributed by atoms with E-state index in [2.05, 4.69) is 27.8 Å². The van der Waals surface area contributed by atoms with Crippen LogP contribution >= 0.6 is 23.4 Å². The van der Waals surface area contributed by atoms with E-state index < -0.39 is 0 Å². The van der Waals surface area contributed by atoms with Crippen LogP contribution in [0.25, 0.3) is 0 Å². The molecule has 1 saturated heterocycles. The molecular weight excluding hydrogens is 350 g/mol. The van der Waals surface area contributed by atoms with E-state index in [4.69, 9.17) is 15.7 Å². The summed E-state index contributed by atoms with van der Waals surface area (Å²) in [6, 6.07) is 8.30. The fourth-order valence-corrected chi connectivity index (χ4v) is 4.53. The molecule has 0 bridgehead atoms. The SMILES string of the molecule is [2H]c1c([2H])c2c(c([2H])c1Cl)N(CCCN1CCN(C)CC1)c1ccccc1S2. The van der Waals surface area contributed by atoms with E-state index >= 15 is 0 Å². The molecule has 2 heterocycles. The second-order valence-electron chi connectivity index (χ2n) is 6.59. The van der Waals surface area contributed by atoms with Crippen molar-refractivity contribution in [3.63, 3.8) is 0 Å². The number of halogens is 1. The molecule has 5 heteroatoms. The summed E-state index contributed by atoms with van der Waals surface area (Å²) in [5.74, 6) is 0. The molecule has 132 valence electrons. The largest absolute Gasteiger partial charge is 0.340 e. The summed E-state index contributed by atoms with van der Waals surface area (Å²) in [4.78, 5) is 8.70. The van der Waals surface area contributed by atoms with Gasteiger partial charge in [0.1, 0.15) is 0 Å². The molecule has 0 N–H and O–H groups in total. The minimum absolute atomic E-state index is 0.0605. The first kappa shape index (κ1) is 13.9. The third-order valence-electron chi connectivity index (χ3n) is 4.82. The van der Waals surface area contributed by atoms with Crippen molar-refractivity contribution >= 4 is 34.7 Å². The Morgan fingerprint density at radius 2 is 1.84 bits per heavy atom. The zero-order valence-corrected chi connectivity index (χ0v) is 16.0. The summed E-state index contributed by atoms with van der Waals surface area (Å²) >= 11 is 7.71. The van der Waals surface area contributed by atoms with Crippen LogP contribution in [0.2, 0.25) is 5.02 Å². The van der Waals surface area contributed by atoms with Crippen molar-refractivity contribution in [3.8, 4) is 0 Å². The summed E-state index contributed by atoms with van der Waals surface area (Å²) in [7, 11) is 2.16. The number of likely N-dealkylation sites (N-methyl/N-ethyl adjacent to an activating group) is 1. The van der Waals surface area contributed by atoms with Gasteiger partial charge in [0.05, 0.1) is 15.5 Å². The molecule has 0 saturated carbocycles. The summed E-state index contributed by atoms with van der Waals surface area (Å²) in [6.45, 7) is 6.17. The van der Waals surface area contributed by atoms with Gasteiger partial charge in [-0.2, -0.15) is 0 Å². The number of piperazine rings is 1. The molecule has 2 aromatic rings. The molecule has 0 radical (unpaired) electrons. The Labute approximate surface area is 163 Å². The normalized spacial score (nSPS) is 19.8. The summed E-state index contributed by atoms with van der Waals surface area (Å²) in [6.07, 6.45) is 0.967. The van der Waals surface area contributed by atoms with E-state index in [1.165, 1.54) is 11.8 Å². The molecule has 2 aliphatic rings. The molecule has 1 fully saturated rings. The quantitative estimate of drug-likeness (QED) is 0.772. The van der Waals surface area contributed by atoms with E-state index in [9.17, 15) is 0 Å². The third kappa shape index (κ3) is 3.82. The van der Waals surface area contributed by atoms with Gasteiger partial charge in [0, 0.05) is 47.5 Å². The second kappa shape index (κ2) is 7.58. The van der Waals surface area contributed by atoms with Gasteiger partial charge in [-0.05, 0) is 50.3 Å². The van der Waals surface area contributed by atoms with Crippen molar-refractivity contribution in [2.75, 3.05) is 51.2 Å². The standard InChI is InChI=1S/C20H24ClN3S/c1-22-11-13-23(14-12-22)9-4-10-24-17-5-2-3-6-19(17)25-20-8-7-16(21)15-18(20)24/h2-3,5-8,15H,4,9-14H2,1H3/i7D,8D,15D. The average molecular weight is 377 g/mol. The molecule has 25 heavy (non-hydrogen) atoms. The Kier molecular flexibility index (Phi) is 4.23. The van der Waals surface area contributed by atoms with Gasteiger partial charge in [0.2, 0.25) is 0 Å². The van der Waals surface area contributed by atoms with Gasteiger partial charge < -0.3 is 14.7 Å². The molecule has 0 aromatic heterocycles. The number of hydrogen-bond donors (Lipinski definition) is 0. The maximum absolute atomic E-state index is 8.53. The minimum Gasteiger partial charge on any atom is -0.340 e. The number of para-hydroxylation sites is 1. The molecule has 0 spiro atoms. The van der Waals surface area contributed by atoms with Gasteiger partial charge >= 0.3 is 0 Å². The Bertz CT molecular complexity index is 887. The first-order valence-electron chi connectivity index (χ1n) is 10.2. The van der Waals surface area contributed by atoms with Crippen molar-refractivity contribution in [2.24, 2.45) is 0 Å². The predicted octanol–water partition coefficient (Wildman–Crippen LogP) is 4.58. The lowest BCUT2D eigenvalue weighted by molar-refractivity contribution is 0.153. The number of benzene rings is 2. The number of rotatable bonds is 4. The Morgan fingerprint density at radius 3 is 2.68 bits per heavy atom. The monoisotopic (exact) mass is 376 g/mol. The van der Waals surface area contributed by atoms with Gasteiger partial charge in [0.15, 0.2) is 0 Å². The van der Waals surface area contributed by atoms with Crippen LogP contribution in [0.5, 0.6) is 0 Å². The van der Waals surface area contributed by atoms with Crippen molar-refractivity contribution in [3.05, 3.63) is 47.4 Å². The van der Waals surface area contributed by atoms with E-state index in [-0.39, 0.29) is 23.1 Å². The van der Waals surface area contributed by atoms with Crippen LogP contribution in [-0.2, 0) is 0 Å². The molecule has 0 unspecified atom stereocenters. The molecule has 2 aromatic carbocycles. The van der Waals surface area contributed by atoms with Crippen molar-refractivity contribution < 1.29 is 4.11 Å². The molecule has 0 atom stereocenters. The van der Waals surface area contributed by atoms with E-state index in [1.54, 1.807) is 0 Å². The first-order valence-corrected chi connectivity index (χ1v) is 9.91. The van der Waals surface area contributed by atoms with Crippen LogP contribution in [0.1, 0.15) is 10.5 Å². The lowest BCUT2D eigenvalue weighted by Gasteiger charge is -2.35. The highest BCUT2D eigenvalue weighted by atomic mass is 35.5. The predicted molar refractivity (Wildman–Crippen MR) is 108 cm³/mol. The lowest BCUT2D eigenvalue weighted by Crippen LogP contribution is -2.45. The summed E-state index contributed by atoms with van der Waals surface area (Å²) in [5, 5.41) is 0.0628. The topological polar surface area (TPSA) is 9.72 Å². The molecule has 0 amide bonds. The zero-order chi connectivity index (χ0) is 19.8. The first-order chi connectivity index (χ1) is 13.5. The Hall–Kier alpha value is -1.20. The van der Waals surface area contributed by atoms with Gasteiger partial charge in [-0.1, -0.05) is 35.5 Å². The van der Waals surface area contributed by atoms with E-state index in [0.717, 1.165) is 56.3 Å². The molecule has 4 rings (SSSR count). The number of anilines is 2. The summed E-state index contributed by atoms with van der Waals surface area (Å²) in [5.41, 5.74) is 1.73. The maximum atomic E-state index is 8.53. The second-order valence-corrected chi connectivity index (χ2v) is 8.02. The molecule has 2 aliphatic heterocycles. The smallest absolute Gasteiger partial charge is 0.0661 e. The molecular formula is C20H24ClN3S. The number of fused-ring (bicyclic) bond motifs is 2. The van der Waals surface area contributed by atoms with Gasteiger partial charge in [-0.15, -0.1) is 0 Å². The van der Waals surface area contributed by atoms with Crippen LogP contribution in [0.3, 0.4) is 0 Å².